The number of hydrogen-bond donors (Lipinski definition) is 1. The predicted molar refractivity (Wildman–Crippen MR) is 126 cm³/mol. The maximum absolute atomic E-state index is 13.3. The van der Waals surface area contributed by atoms with Gasteiger partial charge in [-0.1, -0.05) is 19.3 Å². The van der Waals surface area contributed by atoms with Crippen LogP contribution in [-0.2, 0) is 16.1 Å². The summed E-state index contributed by atoms with van der Waals surface area (Å²) in [7, 11) is 0. The Balaban J connectivity index is 1.29. The van der Waals surface area contributed by atoms with Gasteiger partial charge in [0.2, 0.25) is 11.8 Å². The molecule has 6 nitrogen and oxygen atoms in total. The Kier molecular flexibility index (Phi) is 7.82. The molecule has 3 fully saturated rings. The fourth-order valence-electron chi connectivity index (χ4n) is 6.26. The Morgan fingerprint density at radius 2 is 1.66 bits per heavy atom. The zero-order valence-corrected chi connectivity index (χ0v) is 19.7. The molecule has 32 heavy (non-hydrogen) atoms. The van der Waals surface area contributed by atoms with Crippen LogP contribution in [-0.4, -0.2) is 59.3 Å². The first-order valence-electron chi connectivity index (χ1n) is 12.7. The minimum atomic E-state index is 0.0669. The van der Waals surface area contributed by atoms with Gasteiger partial charge in [-0.05, 0) is 80.6 Å². The third kappa shape index (κ3) is 5.69. The summed E-state index contributed by atoms with van der Waals surface area (Å²) in [4.78, 5) is 33.6. The van der Waals surface area contributed by atoms with Crippen molar-refractivity contribution in [1.82, 2.24) is 20.1 Å². The number of piperidine rings is 2. The van der Waals surface area contributed by atoms with Gasteiger partial charge in [0, 0.05) is 51.4 Å². The summed E-state index contributed by atoms with van der Waals surface area (Å²) in [6.45, 7) is 7.03. The van der Waals surface area contributed by atoms with Gasteiger partial charge < -0.3 is 10.2 Å². The van der Waals surface area contributed by atoms with Gasteiger partial charge in [-0.3, -0.25) is 19.5 Å². The summed E-state index contributed by atoms with van der Waals surface area (Å²) >= 11 is 0. The van der Waals surface area contributed by atoms with Crippen molar-refractivity contribution in [3.05, 3.63) is 30.1 Å². The Hall–Kier alpha value is -1.95. The van der Waals surface area contributed by atoms with Crippen LogP contribution in [0.1, 0.15) is 70.3 Å². The second-order valence-corrected chi connectivity index (χ2v) is 10.3. The molecule has 176 valence electrons. The van der Waals surface area contributed by atoms with Crippen LogP contribution in [0, 0.1) is 17.3 Å². The monoisotopic (exact) mass is 440 g/mol. The first-order valence-corrected chi connectivity index (χ1v) is 12.7. The zero-order chi connectivity index (χ0) is 22.4. The van der Waals surface area contributed by atoms with E-state index in [1.165, 1.54) is 37.7 Å². The van der Waals surface area contributed by atoms with Crippen molar-refractivity contribution in [1.29, 1.82) is 0 Å². The normalized spacial score (nSPS) is 23.1. The van der Waals surface area contributed by atoms with E-state index in [9.17, 15) is 9.59 Å². The highest BCUT2D eigenvalue weighted by atomic mass is 16.2. The van der Waals surface area contributed by atoms with Crippen LogP contribution in [0.3, 0.4) is 0 Å². The number of amides is 2. The molecule has 1 N–H and O–H groups in total. The number of hydrogen-bond acceptors (Lipinski definition) is 4. The number of aromatic nitrogens is 1. The average molecular weight is 441 g/mol. The van der Waals surface area contributed by atoms with Crippen molar-refractivity contribution in [2.75, 3.05) is 32.7 Å². The van der Waals surface area contributed by atoms with Crippen LogP contribution in [0.4, 0.5) is 0 Å². The fraction of sp³-hybridized carbons (Fsp3) is 0.731. The Labute approximate surface area is 193 Å². The van der Waals surface area contributed by atoms with Crippen molar-refractivity contribution in [3.8, 4) is 0 Å². The molecule has 0 aromatic carbocycles. The van der Waals surface area contributed by atoms with Gasteiger partial charge in [0.25, 0.3) is 0 Å². The topological polar surface area (TPSA) is 65.5 Å². The van der Waals surface area contributed by atoms with E-state index >= 15 is 0 Å². The maximum Gasteiger partial charge on any atom is 0.225 e. The lowest BCUT2D eigenvalue weighted by Gasteiger charge is -2.48. The summed E-state index contributed by atoms with van der Waals surface area (Å²) in [6, 6.07) is 4.15. The zero-order valence-electron chi connectivity index (χ0n) is 19.7. The summed E-state index contributed by atoms with van der Waals surface area (Å²) in [5.41, 5.74) is 1.47. The predicted octanol–water partition coefficient (Wildman–Crippen LogP) is 3.62. The molecule has 1 aromatic rings. The lowest BCUT2D eigenvalue weighted by Crippen LogP contribution is -2.53. The Morgan fingerprint density at radius 3 is 2.28 bits per heavy atom. The Morgan fingerprint density at radius 1 is 1.00 bits per heavy atom. The van der Waals surface area contributed by atoms with E-state index < -0.39 is 0 Å². The van der Waals surface area contributed by atoms with Crippen LogP contribution in [0.25, 0.3) is 0 Å². The number of pyridine rings is 1. The summed E-state index contributed by atoms with van der Waals surface area (Å²) < 4.78 is 0. The molecule has 2 saturated heterocycles. The molecule has 0 bridgehead atoms. The first-order chi connectivity index (χ1) is 15.6. The molecule has 4 rings (SSSR count). The molecule has 1 saturated carbocycles. The number of likely N-dealkylation sites (tertiary alicyclic amines) is 2. The van der Waals surface area contributed by atoms with Gasteiger partial charge in [0.1, 0.15) is 0 Å². The molecule has 2 amide bonds. The highest BCUT2D eigenvalue weighted by Crippen LogP contribution is 2.45. The lowest BCUT2D eigenvalue weighted by molar-refractivity contribution is -0.140. The number of carbonyl (C=O) groups excluding carboxylic acids is 2. The molecule has 2 aliphatic heterocycles. The van der Waals surface area contributed by atoms with Gasteiger partial charge in [-0.15, -0.1) is 0 Å². The molecule has 3 heterocycles. The highest BCUT2D eigenvalue weighted by Gasteiger charge is 2.43. The van der Waals surface area contributed by atoms with E-state index in [4.69, 9.17) is 0 Å². The molecule has 0 radical (unpaired) electrons. The lowest BCUT2D eigenvalue weighted by atomic mass is 9.63. The fourth-order valence-corrected chi connectivity index (χ4v) is 6.26. The smallest absolute Gasteiger partial charge is 0.225 e. The molecule has 0 atom stereocenters. The van der Waals surface area contributed by atoms with E-state index in [2.05, 4.69) is 32.2 Å². The van der Waals surface area contributed by atoms with E-state index in [0.717, 1.165) is 65.0 Å². The Bertz CT molecular complexity index is 746. The van der Waals surface area contributed by atoms with Gasteiger partial charge in [-0.25, -0.2) is 0 Å². The van der Waals surface area contributed by atoms with Crippen LogP contribution in [0.2, 0.25) is 0 Å². The van der Waals surface area contributed by atoms with Crippen molar-refractivity contribution in [2.45, 2.75) is 71.3 Å². The molecule has 1 aromatic heterocycles. The molecule has 0 spiro atoms. The quantitative estimate of drug-likeness (QED) is 0.734. The summed E-state index contributed by atoms with van der Waals surface area (Å²) in [5, 5.41) is 3.13. The number of nitrogens with one attached hydrogen (secondary N) is 1. The molecule has 3 aliphatic rings. The minimum absolute atomic E-state index is 0.0669. The SMILES string of the molecule is CC(=O)NCC1(C2CCCCC2)CCN(C(=O)C2CCN(Cc3ccncc3)CC2)CC1. The van der Waals surface area contributed by atoms with Crippen LogP contribution in [0.15, 0.2) is 24.5 Å². The van der Waals surface area contributed by atoms with E-state index in [-0.39, 0.29) is 17.2 Å². The first kappa shape index (κ1) is 23.2. The summed E-state index contributed by atoms with van der Waals surface area (Å²) in [5.74, 6) is 1.29. The van der Waals surface area contributed by atoms with Crippen molar-refractivity contribution < 1.29 is 9.59 Å². The largest absolute Gasteiger partial charge is 0.356 e. The average Bonchev–Trinajstić information content (AvgIpc) is 2.84. The second kappa shape index (κ2) is 10.8. The van der Waals surface area contributed by atoms with Crippen LogP contribution in [0.5, 0.6) is 0 Å². The van der Waals surface area contributed by atoms with Gasteiger partial charge in [0.05, 0.1) is 0 Å². The standard InChI is InChI=1S/C26H40N4O2/c1-21(31)28-20-26(24-5-3-2-4-6-24)11-17-30(18-12-26)25(32)23-9-15-29(16-10-23)19-22-7-13-27-14-8-22/h7-8,13-14,23-24H,2-6,9-12,15-20H2,1H3,(H,28,31). The van der Waals surface area contributed by atoms with Crippen molar-refractivity contribution in [2.24, 2.45) is 17.3 Å². The number of rotatable bonds is 6. The molecule has 1 aliphatic carbocycles. The van der Waals surface area contributed by atoms with Gasteiger partial charge in [0.15, 0.2) is 0 Å². The van der Waals surface area contributed by atoms with Crippen molar-refractivity contribution >= 4 is 11.8 Å². The van der Waals surface area contributed by atoms with Crippen molar-refractivity contribution in [3.63, 3.8) is 0 Å². The van der Waals surface area contributed by atoms with Crippen LogP contribution < -0.4 is 5.32 Å². The van der Waals surface area contributed by atoms with E-state index in [0.29, 0.717) is 11.8 Å². The second-order valence-electron chi connectivity index (χ2n) is 10.3. The number of nitrogens with zero attached hydrogens (tertiary/aromatic N) is 3. The van der Waals surface area contributed by atoms with E-state index in [1.54, 1.807) is 6.92 Å². The van der Waals surface area contributed by atoms with Crippen LogP contribution >= 0.6 is 0 Å². The molecule has 0 unspecified atom stereocenters. The third-order valence-electron chi connectivity index (χ3n) is 8.32. The minimum Gasteiger partial charge on any atom is -0.356 e. The molecular weight excluding hydrogens is 400 g/mol. The highest BCUT2D eigenvalue weighted by molar-refractivity contribution is 5.79. The van der Waals surface area contributed by atoms with Gasteiger partial charge >= 0.3 is 0 Å². The third-order valence-corrected chi connectivity index (χ3v) is 8.32. The number of carbonyl (C=O) groups is 2. The molecular formula is C26H40N4O2. The van der Waals surface area contributed by atoms with Gasteiger partial charge in [-0.2, -0.15) is 0 Å². The molecule has 6 heteroatoms. The summed E-state index contributed by atoms with van der Waals surface area (Å²) in [6.07, 6.45) is 14.2. The van der Waals surface area contributed by atoms with E-state index in [1.807, 2.05) is 12.4 Å². The maximum atomic E-state index is 13.3.